The highest BCUT2D eigenvalue weighted by molar-refractivity contribution is 5.85. The van der Waals surface area contributed by atoms with Gasteiger partial charge in [-0.1, -0.05) is 52.0 Å². The molecule has 0 saturated heterocycles. The first kappa shape index (κ1) is 19.8. The predicted molar refractivity (Wildman–Crippen MR) is 128 cm³/mol. The lowest BCUT2D eigenvalue weighted by Gasteiger charge is -2.18. The summed E-state index contributed by atoms with van der Waals surface area (Å²) in [5.41, 5.74) is 8.84. The van der Waals surface area contributed by atoms with Gasteiger partial charge in [0.05, 0.1) is 23.6 Å². The molecule has 0 unspecified atom stereocenters. The Kier molecular flexibility index (Phi) is 4.62. The van der Waals surface area contributed by atoms with Crippen molar-refractivity contribution in [2.75, 3.05) is 0 Å². The molecule has 31 heavy (non-hydrogen) atoms. The van der Waals surface area contributed by atoms with Crippen molar-refractivity contribution >= 4 is 17.2 Å². The minimum Gasteiger partial charge on any atom is -0.303 e. The molecule has 5 rings (SSSR count). The molecule has 2 aromatic carbocycles. The summed E-state index contributed by atoms with van der Waals surface area (Å²) >= 11 is 0. The number of para-hydroxylation sites is 1. The van der Waals surface area contributed by atoms with Gasteiger partial charge >= 0.3 is 0 Å². The van der Waals surface area contributed by atoms with E-state index in [0.29, 0.717) is 11.8 Å². The van der Waals surface area contributed by atoms with Gasteiger partial charge in [0.1, 0.15) is 23.9 Å². The van der Waals surface area contributed by atoms with Crippen molar-refractivity contribution in [2.24, 2.45) is 7.05 Å². The second-order valence-electron chi connectivity index (χ2n) is 9.34. The third kappa shape index (κ3) is 3.04. The van der Waals surface area contributed by atoms with Gasteiger partial charge in [0.15, 0.2) is 0 Å². The van der Waals surface area contributed by atoms with Crippen molar-refractivity contribution in [1.82, 2.24) is 14.1 Å². The molecule has 2 aromatic heterocycles. The summed E-state index contributed by atoms with van der Waals surface area (Å²) in [7, 11) is 2.14. The molecule has 4 nitrogen and oxygen atoms in total. The first-order valence-corrected chi connectivity index (χ1v) is 11.3. The maximum Gasteiger partial charge on any atom is 0.294 e. The molecule has 0 radical (unpaired) electrons. The van der Waals surface area contributed by atoms with E-state index in [9.17, 15) is 0 Å². The fourth-order valence-corrected chi connectivity index (χ4v) is 4.88. The van der Waals surface area contributed by atoms with E-state index in [2.05, 4.69) is 110 Å². The third-order valence-corrected chi connectivity index (χ3v) is 6.49. The molecule has 3 heterocycles. The monoisotopic (exact) mass is 411 g/mol. The molecule has 0 saturated carbocycles. The van der Waals surface area contributed by atoms with E-state index in [1.807, 2.05) is 0 Å². The van der Waals surface area contributed by atoms with Crippen LogP contribution in [0, 0.1) is 6.92 Å². The lowest BCUT2D eigenvalue weighted by molar-refractivity contribution is -0.659. The summed E-state index contributed by atoms with van der Waals surface area (Å²) in [5, 5.41) is 0. The average molecular weight is 412 g/mol. The molecule has 0 bridgehead atoms. The van der Waals surface area contributed by atoms with Gasteiger partial charge in [-0.25, -0.2) is 9.55 Å². The molecule has 1 aliphatic rings. The van der Waals surface area contributed by atoms with Gasteiger partial charge in [0.2, 0.25) is 0 Å². The molecule has 0 atom stereocenters. The van der Waals surface area contributed by atoms with Crippen LogP contribution in [0.1, 0.15) is 62.0 Å². The Balaban J connectivity index is 1.81. The number of rotatable bonds is 4. The molecule has 4 heteroatoms. The molecule has 0 N–H and O–H groups in total. The Hall–Kier alpha value is -3.14. The first-order valence-electron chi connectivity index (χ1n) is 11.3. The Morgan fingerprint density at radius 1 is 1.03 bits per heavy atom. The molecule has 0 aliphatic carbocycles. The third-order valence-electron chi connectivity index (χ3n) is 6.49. The van der Waals surface area contributed by atoms with Crippen LogP contribution in [0.5, 0.6) is 0 Å². The second kappa shape index (κ2) is 7.23. The normalized spacial score (nSPS) is 13.2. The molecule has 1 aliphatic heterocycles. The molecule has 0 amide bonds. The number of allylic oxidation sites excluding steroid dienone is 1. The zero-order valence-corrected chi connectivity index (χ0v) is 19.3. The van der Waals surface area contributed by atoms with Gasteiger partial charge in [-0.2, -0.15) is 4.57 Å². The van der Waals surface area contributed by atoms with Gasteiger partial charge in [-0.15, -0.1) is 0 Å². The number of imidazole rings is 2. The standard InChI is InChI=1S/C27H31N4/c1-17(2)20-9-7-10-21(18(3)4)26(20)31-14-13-29(6)27(31)22-16-24-23(15-19(22)5)28-25-11-8-12-30(24)25/h7-10,12-18H,11H2,1-6H3/q+1. The topological polar surface area (TPSA) is 26.6 Å². The molecule has 158 valence electrons. The maximum atomic E-state index is 4.84. The average Bonchev–Trinajstić information content (AvgIpc) is 3.41. The van der Waals surface area contributed by atoms with E-state index in [-0.39, 0.29) is 0 Å². The van der Waals surface area contributed by atoms with Gasteiger partial charge in [0.25, 0.3) is 5.82 Å². The highest BCUT2D eigenvalue weighted by Crippen LogP contribution is 2.35. The number of hydrogen-bond donors (Lipinski definition) is 0. The minimum absolute atomic E-state index is 0.445. The van der Waals surface area contributed by atoms with Crippen molar-refractivity contribution < 1.29 is 4.57 Å². The number of aromatic nitrogens is 4. The van der Waals surface area contributed by atoms with Crippen molar-refractivity contribution in [3.63, 3.8) is 0 Å². The SMILES string of the molecule is Cc1cc2nc3n(c2cc1-c1n(-c2c(C(C)C)cccc2C(C)C)cc[n+]1C)C=CC3. The van der Waals surface area contributed by atoms with Gasteiger partial charge in [0, 0.05) is 23.7 Å². The van der Waals surface area contributed by atoms with Crippen LogP contribution >= 0.6 is 0 Å². The van der Waals surface area contributed by atoms with Crippen LogP contribution < -0.4 is 4.57 Å². The van der Waals surface area contributed by atoms with Gasteiger partial charge in [-0.05, 0) is 36.5 Å². The summed E-state index contributed by atoms with van der Waals surface area (Å²) in [5.74, 6) is 3.22. The van der Waals surface area contributed by atoms with Gasteiger partial charge < -0.3 is 4.57 Å². The summed E-state index contributed by atoms with van der Waals surface area (Å²) < 4.78 is 6.87. The molecular weight excluding hydrogens is 380 g/mol. The van der Waals surface area contributed by atoms with Crippen LogP contribution in [-0.2, 0) is 13.5 Å². The Labute approximate surface area is 184 Å². The zero-order valence-electron chi connectivity index (χ0n) is 19.3. The van der Waals surface area contributed by atoms with E-state index < -0.39 is 0 Å². The van der Waals surface area contributed by atoms with Crippen molar-refractivity contribution in [2.45, 2.75) is 52.9 Å². The number of benzene rings is 2. The molecule has 4 aromatic rings. The fraction of sp³-hybridized carbons (Fsp3) is 0.333. The molecule has 0 fully saturated rings. The van der Waals surface area contributed by atoms with Crippen LogP contribution in [0.15, 0.2) is 48.8 Å². The fourth-order valence-electron chi connectivity index (χ4n) is 4.88. The van der Waals surface area contributed by atoms with Crippen LogP contribution in [0.3, 0.4) is 0 Å². The van der Waals surface area contributed by atoms with Crippen LogP contribution in [-0.4, -0.2) is 14.1 Å². The first-order chi connectivity index (χ1) is 14.9. The highest BCUT2D eigenvalue weighted by atomic mass is 15.1. The molecule has 0 spiro atoms. The smallest absolute Gasteiger partial charge is 0.294 e. The Morgan fingerprint density at radius 2 is 1.74 bits per heavy atom. The number of hydrogen-bond acceptors (Lipinski definition) is 1. The van der Waals surface area contributed by atoms with Crippen molar-refractivity contribution in [3.05, 3.63) is 71.3 Å². The quantitative estimate of drug-likeness (QED) is 0.384. The summed E-state index contributed by atoms with van der Waals surface area (Å²) in [6, 6.07) is 11.3. The number of fused-ring (bicyclic) bond motifs is 3. The predicted octanol–water partition coefficient (Wildman–Crippen LogP) is 5.90. The van der Waals surface area contributed by atoms with E-state index in [1.165, 1.54) is 39.3 Å². The van der Waals surface area contributed by atoms with Crippen LogP contribution in [0.25, 0.3) is 34.3 Å². The summed E-state index contributed by atoms with van der Waals surface area (Å²) in [4.78, 5) is 4.84. The number of aryl methyl sites for hydroxylation is 2. The highest BCUT2D eigenvalue weighted by Gasteiger charge is 2.27. The molecular formula is C27H31N4+. The Bertz CT molecular complexity index is 1310. The second-order valence-corrected chi connectivity index (χ2v) is 9.34. The van der Waals surface area contributed by atoms with Gasteiger partial charge in [-0.3, -0.25) is 0 Å². The van der Waals surface area contributed by atoms with Crippen LogP contribution in [0.4, 0.5) is 0 Å². The number of nitrogens with zero attached hydrogens (tertiary/aromatic N) is 4. The van der Waals surface area contributed by atoms with Crippen molar-refractivity contribution in [3.8, 4) is 17.1 Å². The summed E-state index contributed by atoms with van der Waals surface area (Å²) in [6.45, 7) is 11.3. The lowest BCUT2D eigenvalue weighted by Crippen LogP contribution is -2.29. The Morgan fingerprint density at radius 3 is 2.42 bits per heavy atom. The minimum atomic E-state index is 0.445. The largest absolute Gasteiger partial charge is 0.303 e. The summed E-state index contributed by atoms with van der Waals surface area (Å²) in [6.07, 6.45) is 9.62. The van der Waals surface area contributed by atoms with E-state index in [4.69, 9.17) is 4.98 Å². The van der Waals surface area contributed by atoms with E-state index in [1.54, 1.807) is 0 Å². The van der Waals surface area contributed by atoms with E-state index in [0.717, 1.165) is 17.8 Å². The van der Waals surface area contributed by atoms with Crippen LogP contribution in [0.2, 0.25) is 0 Å². The lowest BCUT2D eigenvalue weighted by atomic mass is 9.92. The zero-order chi connectivity index (χ0) is 21.9. The van der Waals surface area contributed by atoms with E-state index >= 15 is 0 Å². The van der Waals surface area contributed by atoms with Crippen molar-refractivity contribution in [1.29, 1.82) is 0 Å². The maximum absolute atomic E-state index is 4.84.